The van der Waals surface area contributed by atoms with Crippen LogP contribution in [0.3, 0.4) is 0 Å². The zero-order chi connectivity index (χ0) is 16.8. The number of fused-ring (bicyclic) bond motifs is 1. The minimum absolute atomic E-state index is 0.110. The van der Waals surface area contributed by atoms with Crippen LogP contribution in [0.4, 0.5) is 13.2 Å². The van der Waals surface area contributed by atoms with Crippen LogP contribution in [0.1, 0.15) is 24.2 Å². The number of aryl methyl sites for hydroxylation is 1. The summed E-state index contributed by atoms with van der Waals surface area (Å²) in [5, 5.41) is 4.72. The summed E-state index contributed by atoms with van der Waals surface area (Å²) in [4.78, 5) is 8.21. The number of aromatic nitrogens is 4. The van der Waals surface area contributed by atoms with Gasteiger partial charge in [0.2, 0.25) is 0 Å². The molecule has 0 bridgehead atoms. The Morgan fingerprint density at radius 3 is 2.52 bits per heavy atom. The number of rotatable bonds is 2. The molecule has 3 rings (SSSR count). The summed E-state index contributed by atoms with van der Waals surface area (Å²) in [7, 11) is 0. The van der Waals surface area contributed by atoms with Crippen LogP contribution in [-0.2, 0) is 0 Å². The van der Waals surface area contributed by atoms with Gasteiger partial charge in [0, 0.05) is 6.20 Å². The highest BCUT2D eigenvalue weighted by Crippen LogP contribution is 2.34. The van der Waals surface area contributed by atoms with E-state index in [0.717, 1.165) is 6.92 Å². The number of nitrogens with zero attached hydrogens (tertiary/aromatic N) is 4. The molecule has 120 valence electrons. The van der Waals surface area contributed by atoms with Crippen molar-refractivity contribution < 1.29 is 13.2 Å². The summed E-state index contributed by atoms with van der Waals surface area (Å²) in [5.41, 5.74) is 1.81. The molecule has 0 amide bonds. The molecule has 3 aromatic rings. The van der Waals surface area contributed by atoms with Crippen molar-refractivity contribution in [2.45, 2.75) is 25.9 Å². The first-order valence-corrected chi connectivity index (χ1v) is 7.19. The first-order valence-electron chi connectivity index (χ1n) is 6.81. The highest BCUT2D eigenvalue weighted by molar-refractivity contribution is 6.34. The normalized spacial score (nSPS) is 13.5. The molecular formula is C15H12ClF3N4. The molecule has 0 saturated heterocycles. The fraction of sp³-hybridized carbons (Fsp3) is 0.267. The number of hydrogen-bond acceptors (Lipinski definition) is 3. The average Bonchev–Trinajstić information content (AvgIpc) is 2.82. The first kappa shape index (κ1) is 15.7. The summed E-state index contributed by atoms with van der Waals surface area (Å²) in [6, 6.07) is 4.62. The Hall–Kier alpha value is -2.15. The Bertz CT molecular complexity index is 856. The minimum Gasteiger partial charge on any atom is -0.254 e. The third kappa shape index (κ3) is 2.88. The fourth-order valence-electron chi connectivity index (χ4n) is 2.22. The highest BCUT2D eigenvalue weighted by Gasteiger charge is 2.37. The first-order chi connectivity index (χ1) is 10.8. The van der Waals surface area contributed by atoms with Crippen LogP contribution < -0.4 is 0 Å². The van der Waals surface area contributed by atoms with Crippen molar-refractivity contribution in [1.82, 2.24) is 19.6 Å². The molecular weight excluding hydrogens is 329 g/mol. The van der Waals surface area contributed by atoms with Crippen LogP contribution in [0.15, 0.2) is 30.6 Å². The van der Waals surface area contributed by atoms with Gasteiger partial charge in [-0.15, -0.1) is 0 Å². The van der Waals surface area contributed by atoms with E-state index in [1.165, 1.54) is 18.3 Å². The lowest BCUT2D eigenvalue weighted by molar-refractivity contribution is -0.146. The van der Waals surface area contributed by atoms with Gasteiger partial charge in [-0.3, -0.25) is 4.98 Å². The summed E-state index contributed by atoms with van der Waals surface area (Å²) in [6.45, 7) is 2.84. The molecule has 8 heteroatoms. The summed E-state index contributed by atoms with van der Waals surface area (Å²) in [6.07, 6.45) is -1.47. The third-order valence-electron chi connectivity index (χ3n) is 3.62. The molecule has 1 atom stereocenters. The van der Waals surface area contributed by atoms with Gasteiger partial charge in [-0.25, -0.2) is 9.50 Å². The van der Waals surface area contributed by atoms with E-state index in [1.54, 1.807) is 23.7 Å². The van der Waals surface area contributed by atoms with Crippen molar-refractivity contribution in [2.24, 2.45) is 0 Å². The van der Waals surface area contributed by atoms with Gasteiger partial charge in [-0.2, -0.15) is 18.3 Å². The molecule has 1 unspecified atom stereocenters. The van der Waals surface area contributed by atoms with Crippen LogP contribution in [-0.4, -0.2) is 25.8 Å². The molecule has 0 aliphatic rings. The molecule has 3 aromatic heterocycles. The van der Waals surface area contributed by atoms with Gasteiger partial charge in [0.1, 0.15) is 11.3 Å². The number of halogens is 4. The maximum atomic E-state index is 12.7. The van der Waals surface area contributed by atoms with Crippen LogP contribution in [0.5, 0.6) is 0 Å². The smallest absolute Gasteiger partial charge is 0.254 e. The van der Waals surface area contributed by atoms with Crippen molar-refractivity contribution in [1.29, 1.82) is 0 Å². The molecule has 3 heterocycles. The SMILES string of the molecule is Cc1ncc2c(Cl)cc(-c3ccc(C(C)C(F)(F)F)cn3)n2n1. The Morgan fingerprint density at radius 1 is 1.17 bits per heavy atom. The highest BCUT2D eigenvalue weighted by atomic mass is 35.5. The van der Waals surface area contributed by atoms with Crippen LogP contribution in [0, 0.1) is 6.92 Å². The van der Waals surface area contributed by atoms with Crippen LogP contribution >= 0.6 is 11.6 Å². The van der Waals surface area contributed by atoms with Gasteiger partial charge in [0.25, 0.3) is 0 Å². The molecule has 0 aliphatic carbocycles. The van der Waals surface area contributed by atoms with E-state index < -0.39 is 12.1 Å². The molecule has 0 N–H and O–H groups in total. The standard InChI is InChI=1S/C15H12ClF3N4/c1-8(15(17,18)19)10-3-4-12(21-6-10)13-5-11(16)14-7-20-9(2)22-23(13)14/h3-8H,1-2H3. The van der Waals surface area contributed by atoms with E-state index in [0.29, 0.717) is 27.8 Å². The van der Waals surface area contributed by atoms with Crippen molar-refractivity contribution >= 4 is 17.1 Å². The van der Waals surface area contributed by atoms with Crippen LogP contribution in [0.25, 0.3) is 16.9 Å². The summed E-state index contributed by atoms with van der Waals surface area (Å²) < 4.78 is 39.8. The fourth-order valence-corrected chi connectivity index (χ4v) is 2.45. The molecule has 0 radical (unpaired) electrons. The Kier molecular flexibility index (Phi) is 3.75. The Labute approximate surface area is 134 Å². The van der Waals surface area contributed by atoms with Crippen molar-refractivity contribution in [2.75, 3.05) is 0 Å². The molecule has 0 spiro atoms. The Morgan fingerprint density at radius 2 is 1.91 bits per heavy atom. The van der Waals surface area contributed by atoms with Crippen LogP contribution in [0.2, 0.25) is 5.02 Å². The predicted octanol–water partition coefficient (Wildman–Crippen LogP) is 4.42. The summed E-state index contributed by atoms with van der Waals surface area (Å²) in [5.74, 6) is -1.02. The van der Waals surface area contributed by atoms with Gasteiger partial charge < -0.3 is 0 Å². The van der Waals surface area contributed by atoms with E-state index in [2.05, 4.69) is 15.1 Å². The maximum Gasteiger partial charge on any atom is 0.395 e. The van der Waals surface area contributed by atoms with Gasteiger partial charge >= 0.3 is 6.18 Å². The number of hydrogen-bond donors (Lipinski definition) is 0. The average molecular weight is 341 g/mol. The molecule has 23 heavy (non-hydrogen) atoms. The zero-order valence-corrected chi connectivity index (χ0v) is 13.0. The summed E-state index contributed by atoms with van der Waals surface area (Å²) >= 11 is 6.14. The van der Waals surface area contributed by atoms with Crippen molar-refractivity contribution in [3.63, 3.8) is 0 Å². The second-order valence-corrected chi connectivity index (χ2v) is 5.63. The number of alkyl halides is 3. The second-order valence-electron chi connectivity index (χ2n) is 5.22. The van der Waals surface area contributed by atoms with Gasteiger partial charge in [0.05, 0.1) is 28.5 Å². The Balaban J connectivity index is 2.05. The second kappa shape index (κ2) is 5.49. The topological polar surface area (TPSA) is 43.1 Å². The van der Waals surface area contributed by atoms with Crippen molar-refractivity contribution in [3.05, 3.63) is 47.0 Å². The van der Waals surface area contributed by atoms with E-state index >= 15 is 0 Å². The molecule has 0 aromatic carbocycles. The lowest BCUT2D eigenvalue weighted by Gasteiger charge is -2.15. The molecule has 4 nitrogen and oxygen atoms in total. The molecule has 0 aliphatic heterocycles. The van der Waals surface area contributed by atoms with E-state index in [-0.39, 0.29) is 5.56 Å². The number of pyridine rings is 1. The zero-order valence-electron chi connectivity index (χ0n) is 12.3. The van der Waals surface area contributed by atoms with E-state index in [9.17, 15) is 13.2 Å². The van der Waals surface area contributed by atoms with Gasteiger partial charge in [0.15, 0.2) is 0 Å². The molecule has 0 saturated carbocycles. The van der Waals surface area contributed by atoms with E-state index in [1.807, 2.05) is 0 Å². The quantitative estimate of drug-likeness (QED) is 0.693. The minimum atomic E-state index is -4.29. The molecule has 0 fully saturated rings. The maximum absolute atomic E-state index is 12.7. The third-order valence-corrected chi connectivity index (χ3v) is 3.93. The monoisotopic (exact) mass is 340 g/mol. The lowest BCUT2D eigenvalue weighted by atomic mass is 10.0. The lowest BCUT2D eigenvalue weighted by Crippen LogP contribution is -2.17. The predicted molar refractivity (Wildman–Crippen MR) is 80.4 cm³/mol. The van der Waals surface area contributed by atoms with Crippen molar-refractivity contribution in [3.8, 4) is 11.4 Å². The largest absolute Gasteiger partial charge is 0.395 e. The van der Waals surface area contributed by atoms with E-state index in [4.69, 9.17) is 11.6 Å². The van der Waals surface area contributed by atoms with Gasteiger partial charge in [-0.05, 0) is 31.5 Å². The van der Waals surface area contributed by atoms with Gasteiger partial charge in [-0.1, -0.05) is 17.7 Å².